The summed E-state index contributed by atoms with van der Waals surface area (Å²) in [5.41, 5.74) is 1.73. The first-order valence-corrected chi connectivity index (χ1v) is 7.77. The van der Waals surface area contributed by atoms with E-state index < -0.39 is 5.82 Å². The topological polar surface area (TPSA) is 35.5 Å². The first-order valence-electron chi connectivity index (χ1n) is 7.77. The number of carbonyl (C=O) groups excluding carboxylic acids is 1. The van der Waals surface area contributed by atoms with Crippen molar-refractivity contribution in [2.24, 2.45) is 0 Å². The Kier molecular flexibility index (Phi) is 6.29. The Bertz CT molecular complexity index is 638. The number of ether oxygens (including phenoxy) is 2. The SMILES string of the molecule is CCCCOC(C)Oc1ccc(-c2ccc(F)c(C=O)c2)cc1. The number of halogens is 1. The standard InChI is InChI=1S/C19H21FO3/c1-3-4-11-22-14(2)23-18-8-5-15(6-9-18)16-7-10-19(20)17(12-16)13-21/h5-10,12-14H,3-4,11H2,1-2H3. The fourth-order valence-corrected chi connectivity index (χ4v) is 2.16. The Morgan fingerprint density at radius 2 is 1.83 bits per heavy atom. The van der Waals surface area contributed by atoms with Crippen LogP contribution in [0, 0.1) is 5.82 Å². The summed E-state index contributed by atoms with van der Waals surface area (Å²) in [5.74, 6) is 0.192. The maximum Gasteiger partial charge on any atom is 0.196 e. The van der Waals surface area contributed by atoms with Gasteiger partial charge in [0.2, 0.25) is 0 Å². The van der Waals surface area contributed by atoms with Crippen LogP contribution < -0.4 is 4.74 Å². The molecule has 23 heavy (non-hydrogen) atoms. The minimum atomic E-state index is -0.512. The summed E-state index contributed by atoms with van der Waals surface area (Å²) >= 11 is 0. The van der Waals surface area contributed by atoms with E-state index in [4.69, 9.17) is 9.47 Å². The lowest BCUT2D eigenvalue weighted by molar-refractivity contribution is -0.0673. The van der Waals surface area contributed by atoms with E-state index in [2.05, 4.69) is 6.92 Å². The summed E-state index contributed by atoms with van der Waals surface area (Å²) in [6.45, 7) is 4.65. The normalized spacial score (nSPS) is 12.0. The van der Waals surface area contributed by atoms with Crippen molar-refractivity contribution in [2.45, 2.75) is 33.0 Å². The van der Waals surface area contributed by atoms with Crippen molar-refractivity contribution in [3.63, 3.8) is 0 Å². The molecule has 0 amide bonds. The predicted octanol–water partition coefficient (Wildman–Crippen LogP) is 4.85. The van der Waals surface area contributed by atoms with Gasteiger partial charge in [-0.05, 0) is 48.7 Å². The Hall–Kier alpha value is -2.20. The van der Waals surface area contributed by atoms with Gasteiger partial charge in [0.25, 0.3) is 0 Å². The second kappa shape index (κ2) is 8.44. The second-order valence-electron chi connectivity index (χ2n) is 5.29. The van der Waals surface area contributed by atoms with Gasteiger partial charge in [-0.15, -0.1) is 0 Å². The van der Waals surface area contributed by atoms with Gasteiger partial charge in [0.1, 0.15) is 11.6 Å². The third-order valence-electron chi connectivity index (χ3n) is 3.46. The number of hydrogen-bond donors (Lipinski definition) is 0. The molecule has 0 bridgehead atoms. The number of unbranched alkanes of at least 4 members (excludes halogenated alkanes) is 1. The molecule has 0 aliphatic rings. The van der Waals surface area contributed by atoms with Crippen LogP contribution >= 0.6 is 0 Å². The zero-order valence-corrected chi connectivity index (χ0v) is 13.4. The van der Waals surface area contributed by atoms with Crippen molar-refractivity contribution in [1.82, 2.24) is 0 Å². The van der Waals surface area contributed by atoms with Gasteiger partial charge in [-0.25, -0.2) is 4.39 Å². The zero-order valence-electron chi connectivity index (χ0n) is 13.4. The van der Waals surface area contributed by atoms with Gasteiger partial charge >= 0.3 is 0 Å². The van der Waals surface area contributed by atoms with Crippen molar-refractivity contribution < 1.29 is 18.7 Å². The molecule has 0 saturated carbocycles. The molecule has 0 aliphatic carbocycles. The highest BCUT2D eigenvalue weighted by Gasteiger charge is 2.06. The lowest BCUT2D eigenvalue weighted by atomic mass is 10.0. The zero-order chi connectivity index (χ0) is 16.7. The summed E-state index contributed by atoms with van der Waals surface area (Å²) < 4.78 is 24.6. The van der Waals surface area contributed by atoms with E-state index >= 15 is 0 Å². The Labute approximate surface area is 136 Å². The average Bonchev–Trinajstić information content (AvgIpc) is 2.56. The highest BCUT2D eigenvalue weighted by Crippen LogP contribution is 2.24. The minimum absolute atomic E-state index is 0.0563. The third kappa shape index (κ3) is 4.89. The number of aldehydes is 1. The van der Waals surface area contributed by atoms with Crippen molar-refractivity contribution in [3.8, 4) is 16.9 Å². The molecule has 122 valence electrons. The second-order valence-corrected chi connectivity index (χ2v) is 5.29. The minimum Gasteiger partial charge on any atom is -0.465 e. The summed E-state index contributed by atoms with van der Waals surface area (Å²) in [7, 11) is 0. The summed E-state index contributed by atoms with van der Waals surface area (Å²) in [6, 6.07) is 11.9. The van der Waals surface area contributed by atoms with Gasteiger partial charge in [-0.2, -0.15) is 0 Å². The largest absolute Gasteiger partial charge is 0.465 e. The smallest absolute Gasteiger partial charge is 0.196 e. The molecule has 2 rings (SSSR count). The monoisotopic (exact) mass is 316 g/mol. The van der Waals surface area contributed by atoms with Crippen LogP contribution in [0.1, 0.15) is 37.0 Å². The Morgan fingerprint density at radius 1 is 1.13 bits per heavy atom. The molecule has 4 heteroatoms. The fourth-order valence-electron chi connectivity index (χ4n) is 2.16. The number of hydrogen-bond acceptors (Lipinski definition) is 3. The van der Waals surface area contributed by atoms with Crippen LogP contribution in [-0.4, -0.2) is 19.2 Å². The van der Waals surface area contributed by atoms with E-state index in [0.717, 1.165) is 24.0 Å². The fraction of sp³-hybridized carbons (Fsp3) is 0.316. The Balaban J connectivity index is 2.03. The van der Waals surface area contributed by atoms with E-state index in [-0.39, 0.29) is 11.9 Å². The van der Waals surface area contributed by atoms with E-state index in [1.807, 2.05) is 31.2 Å². The van der Waals surface area contributed by atoms with Crippen LogP contribution in [0.15, 0.2) is 42.5 Å². The van der Waals surface area contributed by atoms with E-state index in [0.29, 0.717) is 18.6 Å². The molecule has 0 radical (unpaired) electrons. The van der Waals surface area contributed by atoms with Gasteiger partial charge in [0.05, 0.1) is 12.2 Å². The maximum atomic E-state index is 13.4. The first kappa shape index (κ1) is 17.2. The molecule has 1 unspecified atom stereocenters. The number of rotatable bonds is 8. The van der Waals surface area contributed by atoms with Gasteiger partial charge < -0.3 is 9.47 Å². The molecule has 0 aliphatic heterocycles. The molecule has 0 heterocycles. The predicted molar refractivity (Wildman–Crippen MR) is 88.2 cm³/mol. The van der Waals surface area contributed by atoms with Crippen molar-refractivity contribution in [2.75, 3.05) is 6.61 Å². The molecule has 1 atom stereocenters. The van der Waals surface area contributed by atoms with Gasteiger partial charge in [0.15, 0.2) is 12.6 Å². The van der Waals surface area contributed by atoms with Crippen molar-refractivity contribution in [1.29, 1.82) is 0 Å². The molecule has 2 aromatic rings. The van der Waals surface area contributed by atoms with Crippen LogP contribution in [0.3, 0.4) is 0 Å². The van der Waals surface area contributed by atoms with Gasteiger partial charge in [0, 0.05) is 0 Å². The van der Waals surface area contributed by atoms with Crippen LogP contribution in [0.25, 0.3) is 11.1 Å². The van der Waals surface area contributed by atoms with Crippen molar-refractivity contribution >= 4 is 6.29 Å². The lowest BCUT2D eigenvalue weighted by Gasteiger charge is -2.15. The Morgan fingerprint density at radius 3 is 2.48 bits per heavy atom. The summed E-state index contributed by atoms with van der Waals surface area (Å²) in [5, 5.41) is 0. The number of carbonyl (C=O) groups is 1. The van der Waals surface area contributed by atoms with Crippen LogP contribution in [0.5, 0.6) is 5.75 Å². The highest BCUT2D eigenvalue weighted by molar-refractivity contribution is 5.79. The molecule has 0 spiro atoms. The highest BCUT2D eigenvalue weighted by atomic mass is 19.1. The molecular formula is C19H21FO3. The molecule has 0 N–H and O–H groups in total. The van der Waals surface area contributed by atoms with Crippen LogP contribution in [0.4, 0.5) is 4.39 Å². The summed E-state index contributed by atoms with van der Waals surface area (Å²) in [6.07, 6.45) is 2.31. The third-order valence-corrected chi connectivity index (χ3v) is 3.46. The molecule has 0 saturated heterocycles. The quantitative estimate of drug-likeness (QED) is 0.397. The van der Waals surface area contributed by atoms with E-state index in [1.54, 1.807) is 6.07 Å². The van der Waals surface area contributed by atoms with E-state index in [1.165, 1.54) is 12.1 Å². The van der Waals surface area contributed by atoms with Crippen LogP contribution in [0.2, 0.25) is 0 Å². The van der Waals surface area contributed by atoms with Crippen molar-refractivity contribution in [3.05, 3.63) is 53.8 Å². The summed E-state index contributed by atoms with van der Waals surface area (Å²) in [4.78, 5) is 10.8. The van der Waals surface area contributed by atoms with Gasteiger partial charge in [-0.1, -0.05) is 31.5 Å². The molecule has 2 aromatic carbocycles. The van der Waals surface area contributed by atoms with Crippen LogP contribution in [-0.2, 0) is 4.74 Å². The maximum absolute atomic E-state index is 13.4. The molecule has 3 nitrogen and oxygen atoms in total. The van der Waals surface area contributed by atoms with Gasteiger partial charge in [-0.3, -0.25) is 4.79 Å². The molecular weight excluding hydrogens is 295 g/mol. The lowest BCUT2D eigenvalue weighted by Crippen LogP contribution is -2.16. The first-order chi connectivity index (χ1) is 11.1. The molecule has 0 aromatic heterocycles. The number of benzene rings is 2. The average molecular weight is 316 g/mol. The molecule has 0 fully saturated rings. The van der Waals surface area contributed by atoms with E-state index in [9.17, 15) is 9.18 Å².